The van der Waals surface area contributed by atoms with Crippen LogP contribution in [0, 0.1) is 0 Å². The summed E-state index contributed by atoms with van der Waals surface area (Å²) in [5, 5.41) is 3.19. The van der Waals surface area contributed by atoms with Crippen molar-refractivity contribution in [1.82, 2.24) is 10.2 Å². The molecule has 35 heavy (non-hydrogen) atoms. The molecule has 1 aliphatic carbocycles. The number of carbonyl (C=O) groups is 2. The summed E-state index contributed by atoms with van der Waals surface area (Å²) >= 11 is 0. The van der Waals surface area contributed by atoms with Crippen molar-refractivity contribution < 1.29 is 23.8 Å². The number of benzene rings is 2. The van der Waals surface area contributed by atoms with Gasteiger partial charge in [-0.25, -0.2) is 0 Å². The predicted molar refractivity (Wildman–Crippen MR) is 134 cm³/mol. The molecule has 188 valence electrons. The lowest BCUT2D eigenvalue weighted by atomic mass is 10.0. The van der Waals surface area contributed by atoms with Gasteiger partial charge in [0.1, 0.15) is 25.0 Å². The van der Waals surface area contributed by atoms with Gasteiger partial charge in [-0.2, -0.15) is 0 Å². The number of fused-ring (bicyclic) bond motifs is 1. The van der Waals surface area contributed by atoms with Crippen LogP contribution in [0.1, 0.15) is 56.6 Å². The second-order valence-electron chi connectivity index (χ2n) is 9.26. The number of hydrogen-bond acceptors (Lipinski definition) is 5. The minimum atomic E-state index is -0.509. The molecule has 1 aliphatic heterocycles. The van der Waals surface area contributed by atoms with Crippen molar-refractivity contribution in [2.45, 2.75) is 70.5 Å². The molecule has 2 amide bonds. The molecule has 1 unspecified atom stereocenters. The van der Waals surface area contributed by atoms with Crippen molar-refractivity contribution >= 4 is 11.8 Å². The first-order valence-corrected chi connectivity index (χ1v) is 12.7. The van der Waals surface area contributed by atoms with E-state index < -0.39 is 6.04 Å². The number of aryl methyl sites for hydroxylation is 1. The minimum Gasteiger partial charge on any atom is -0.497 e. The molecule has 1 atom stereocenters. The number of carbonyl (C=O) groups excluding carboxylic acids is 2. The van der Waals surface area contributed by atoms with Crippen LogP contribution in [0.3, 0.4) is 0 Å². The van der Waals surface area contributed by atoms with Gasteiger partial charge < -0.3 is 24.4 Å². The monoisotopic (exact) mass is 480 g/mol. The molecule has 1 heterocycles. The molecule has 2 aromatic rings. The topological polar surface area (TPSA) is 77.1 Å². The first-order valence-electron chi connectivity index (χ1n) is 12.7. The van der Waals surface area contributed by atoms with Crippen LogP contribution in [0.2, 0.25) is 0 Å². The molecule has 0 saturated heterocycles. The summed E-state index contributed by atoms with van der Waals surface area (Å²) in [6, 6.07) is 13.2. The zero-order chi connectivity index (χ0) is 24.6. The maximum Gasteiger partial charge on any atom is 0.243 e. The second kappa shape index (κ2) is 12.0. The average Bonchev–Trinajstić information content (AvgIpc) is 3.40. The lowest BCUT2D eigenvalue weighted by molar-refractivity contribution is -0.141. The normalized spacial score (nSPS) is 15.9. The summed E-state index contributed by atoms with van der Waals surface area (Å²) in [5.74, 6) is 2.13. The number of amides is 2. The van der Waals surface area contributed by atoms with Gasteiger partial charge in [0.2, 0.25) is 11.8 Å². The summed E-state index contributed by atoms with van der Waals surface area (Å²) < 4.78 is 16.5. The van der Waals surface area contributed by atoms with Gasteiger partial charge in [-0.3, -0.25) is 9.59 Å². The Morgan fingerprint density at radius 2 is 1.71 bits per heavy atom. The van der Waals surface area contributed by atoms with Crippen molar-refractivity contribution in [1.29, 1.82) is 0 Å². The van der Waals surface area contributed by atoms with Crippen molar-refractivity contribution in [2.75, 3.05) is 20.3 Å². The van der Waals surface area contributed by atoms with Crippen LogP contribution in [-0.4, -0.2) is 49.1 Å². The molecule has 0 aromatic heterocycles. The predicted octanol–water partition coefficient (Wildman–Crippen LogP) is 4.27. The Morgan fingerprint density at radius 3 is 2.40 bits per heavy atom. The van der Waals surface area contributed by atoms with E-state index in [2.05, 4.69) is 5.32 Å². The van der Waals surface area contributed by atoms with Crippen LogP contribution in [0.4, 0.5) is 0 Å². The minimum absolute atomic E-state index is 0.0378. The Morgan fingerprint density at radius 1 is 1.03 bits per heavy atom. The molecule has 7 heteroatoms. The Labute approximate surface area is 207 Å². The molecule has 0 spiro atoms. The van der Waals surface area contributed by atoms with Gasteiger partial charge in [0.25, 0.3) is 0 Å². The fourth-order valence-corrected chi connectivity index (χ4v) is 4.85. The van der Waals surface area contributed by atoms with Crippen molar-refractivity contribution in [3.8, 4) is 17.2 Å². The van der Waals surface area contributed by atoms with E-state index in [1.165, 1.54) is 0 Å². The van der Waals surface area contributed by atoms with Gasteiger partial charge in [0.05, 0.1) is 7.11 Å². The van der Waals surface area contributed by atoms with E-state index in [9.17, 15) is 9.59 Å². The van der Waals surface area contributed by atoms with Crippen molar-refractivity contribution in [3.63, 3.8) is 0 Å². The lowest BCUT2D eigenvalue weighted by Gasteiger charge is -2.31. The number of methoxy groups -OCH3 is 1. The third-order valence-electron chi connectivity index (χ3n) is 6.83. The zero-order valence-electron chi connectivity index (χ0n) is 20.8. The molecule has 2 aliphatic rings. The molecule has 2 aromatic carbocycles. The van der Waals surface area contributed by atoms with Gasteiger partial charge in [-0.1, -0.05) is 38.0 Å². The van der Waals surface area contributed by atoms with E-state index in [-0.39, 0.29) is 17.9 Å². The van der Waals surface area contributed by atoms with E-state index in [0.29, 0.717) is 39.0 Å². The SMILES string of the molecule is CCC(C(=O)NC1CCCC1)N(Cc1ccc(OC)cc1)C(=O)CCc1ccc2c(c1)OCCO2. The first-order chi connectivity index (χ1) is 17.1. The maximum absolute atomic E-state index is 13.5. The molecule has 1 N–H and O–H groups in total. The van der Waals surface area contributed by atoms with Crippen LogP contribution < -0.4 is 19.5 Å². The highest BCUT2D eigenvalue weighted by atomic mass is 16.6. The van der Waals surface area contributed by atoms with E-state index in [1.54, 1.807) is 12.0 Å². The first kappa shape index (κ1) is 24.9. The van der Waals surface area contributed by atoms with E-state index in [1.807, 2.05) is 49.4 Å². The van der Waals surface area contributed by atoms with Gasteiger partial charge in [-0.15, -0.1) is 0 Å². The highest BCUT2D eigenvalue weighted by Crippen LogP contribution is 2.31. The number of nitrogens with zero attached hydrogens (tertiary/aromatic N) is 1. The second-order valence-corrected chi connectivity index (χ2v) is 9.26. The van der Waals surface area contributed by atoms with Gasteiger partial charge in [0.15, 0.2) is 11.5 Å². The Bertz CT molecular complexity index is 1000. The van der Waals surface area contributed by atoms with E-state index >= 15 is 0 Å². The van der Waals surface area contributed by atoms with Gasteiger partial charge in [0, 0.05) is 19.0 Å². The molecule has 1 saturated carbocycles. The van der Waals surface area contributed by atoms with Gasteiger partial charge in [-0.05, 0) is 61.1 Å². The Hall–Kier alpha value is -3.22. The number of ether oxygens (including phenoxy) is 3. The summed E-state index contributed by atoms with van der Waals surface area (Å²) in [4.78, 5) is 28.5. The molecular formula is C28H36N2O5. The molecular weight excluding hydrogens is 444 g/mol. The van der Waals surface area contributed by atoms with Crippen molar-refractivity contribution in [2.24, 2.45) is 0 Å². The average molecular weight is 481 g/mol. The zero-order valence-corrected chi connectivity index (χ0v) is 20.8. The number of nitrogens with one attached hydrogen (secondary N) is 1. The smallest absolute Gasteiger partial charge is 0.243 e. The van der Waals surface area contributed by atoms with E-state index in [4.69, 9.17) is 14.2 Å². The highest BCUT2D eigenvalue weighted by molar-refractivity contribution is 5.88. The molecule has 1 fully saturated rings. The third kappa shape index (κ3) is 6.47. The standard InChI is InChI=1S/C28H36N2O5/c1-3-24(28(32)29-22-6-4-5-7-22)30(19-21-8-12-23(33-2)13-9-21)27(31)15-11-20-10-14-25-26(18-20)35-17-16-34-25/h8-10,12-14,18,22,24H,3-7,11,15-17,19H2,1-2H3,(H,29,32). The van der Waals surface area contributed by atoms with Gasteiger partial charge >= 0.3 is 0 Å². The summed E-state index contributed by atoms with van der Waals surface area (Å²) in [5.41, 5.74) is 1.97. The number of rotatable bonds is 10. The maximum atomic E-state index is 13.5. The molecule has 4 rings (SSSR count). The van der Waals surface area contributed by atoms with Crippen LogP contribution in [-0.2, 0) is 22.6 Å². The van der Waals surface area contributed by atoms with E-state index in [0.717, 1.165) is 54.1 Å². The molecule has 0 bridgehead atoms. The lowest BCUT2D eigenvalue weighted by Crippen LogP contribution is -2.51. The summed E-state index contributed by atoms with van der Waals surface area (Å²) in [6.07, 6.45) is 5.75. The highest BCUT2D eigenvalue weighted by Gasteiger charge is 2.30. The third-order valence-corrected chi connectivity index (χ3v) is 6.83. The quantitative estimate of drug-likeness (QED) is 0.550. The Balaban J connectivity index is 1.48. The van der Waals surface area contributed by atoms with Crippen LogP contribution in [0.15, 0.2) is 42.5 Å². The van der Waals surface area contributed by atoms with Crippen LogP contribution >= 0.6 is 0 Å². The fraction of sp³-hybridized carbons (Fsp3) is 0.500. The van der Waals surface area contributed by atoms with Crippen molar-refractivity contribution in [3.05, 3.63) is 53.6 Å². The number of hydrogen-bond donors (Lipinski definition) is 1. The summed E-state index contributed by atoms with van der Waals surface area (Å²) in [7, 11) is 1.63. The van der Waals surface area contributed by atoms with Crippen LogP contribution in [0.25, 0.3) is 0 Å². The molecule has 7 nitrogen and oxygen atoms in total. The fourth-order valence-electron chi connectivity index (χ4n) is 4.85. The molecule has 0 radical (unpaired) electrons. The largest absolute Gasteiger partial charge is 0.497 e. The summed E-state index contributed by atoms with van der Waals surface area (Å²) in [6.45, 7) is 3.42. The Kier molecular flexibility index (Phi) is 8.50. The van der Waals surface area contributed by atoms with Crippen LogP contribution in [0.5, 0.6) is 17.2 Å².